The molecular weight excluding hydrogens is 488 g/mol. The van der Waals surface area contributed by atoms with Crippen molar-refractivity contribution in [1.82, 2.24) is 0 Å². The number of rotatable bonds is 11. The van der Waals surface area contributed by atoms with Crippen LogP contribution in [0.3, 0.4) is 0 Å². The lowest BCUT2D eigenvalue weighted by atomic mass is 9.95. The highest BCUT2D eigenvalue weighted by molar-refractivity contribution is 5.37. The minimum absolute atomic E-state index is 0.352. The summed E-state index contributed by atoms with van der Waals surface area (Å²) in [6.07, 6.45) is -0.704. The average Bonchev–Trinajstić information content (AvgIpc) is 2.96. The third-order valence-corrected chi connectivity index (χ3v) is 7.87. The Labute approximate surface area is 242 Å². The van der Waals surface area contributed by atoms with Gasteiger partial charge in [-0.1, -0.05) is 152 Å². The molecule has 4 rings (SSSR count). The molecule has 0 bridgehead atoms. The number of hydrogen-bond donors (Lipinski definition) is 0. The first kappa shape index (κ1) is 29.8. The molecule has 0 unspecified atom stereocenters. The molecule has 0 aliphatic carbocycles. The summed E-state index contributed by atoms with van der Waals surface area (Å²) < 4.78 is 0. The fraction of sp³-hybridized carbons (Fsp3) is 0.368. The Morgan fingerprint density at radius 2 is 0.425 bits per heavy atom. The SMILES string of the molecule is CC(C)c1ccc(C(OOC(c2ccc(C(C)C)cc2)c2ccc(C(C)C)cc2)c2ccc(C(C)C)cc2)cc1. The summed E-state index contributed by atoms with van der Waals surface area (Å²) in [5.74, 6) is 1.90. The van der Waals surface area contributed by atoms with Crippen molar-refractivity contribution in [2.24, 2.45) is 0 Å². The first-order valence-corrected chi connectivity index (χ1v) is 14.9. The Bertz CT molecular complexity index is 1100. The normalized spacial score (nSPS) is 12.1. The van der Waals surface area contributed by atoms with Gasteiger partial charge in [0.2, 0.25) is 0 Å². The van der Waals surface area contributed by atoms with Crippen molar-refractivity contribution in [3.63, 3.8) is 0 Å². The fourth-order valence-corrected chi connectivity index (χ4v) is 4.94. The van der Waals surface area contributed by atoms with Gasteiger partial charge in [0.05, 0.1) is 0 Å². The minimum Gasteiger partial charge on any atom is -0.223 e. The van der Waals surface area contributed by atoms with E-state index in [4.69, 9.17) is 9.78 Å². The second kappa shape index (κ2) is 13.4. The van der Waals surface area contributed by atoms with Crippen LogP contribution in [0.2, 0.25) is 0 Å². The minimum atomic E-state index is -0.352. The molecule has 0 aromatic heterocycles. The molecule has 0 aliphatic heterocycles. The zero-order valence-corrected chi connectivity index (χ0v) is 25.5. The first-order valence-electron chi connectivity index (χ1n) is 14.9. The largest absolute Gasteiger partial charge is 0.223 e. The van der Waals surface area contributed by atoms with Crippen LogP contribution in [-0.4, -0.2) is 0 Å². The second-order valence-corrected chi connectivity index (χ2v) is 12.2. The molecule has 0 fully saturated rings. The van der Waals surface area contributed by atoms with Crippen LogP contribution in [0, 0.1) is 0 Å². The van der Waals surface area contributed by atoms with Crippen molar-refractivity contribution in [3.8, 4) is 0 Å². The molecule has 2 nitrogen and oxygen atoms in total. The lowest BCUT2D eigenvalue weighted by molar-refractivity contribution is -0.340. The van der Waals surface area contributed by atoms with Gasteiger partial charge in [0.1, 0.15) is 12.2 Å². The second-order valence-electron chi connectivity index (χ2n) is 12.2. The van der Waals surface area contributed by atoms with Crippen LogP contribution in [-0.2, 0) is 9.78 Å². The van der Waals surface area contributed by atoms with E-state index in [0.717, 1.165) is 22.3 Å². The van der Waals surface area contributed by atoms with E-state index >= 15 is 0 Å². The maximum atomic E-state index is 6.44. The Morgan fingerprint density at radius 1 is 0.275 bits per heavy atom. The molecule has 210 valence electrons. The van der Waals surface area contributed by atoms with Crippen molar-refractivity contribution in [3.05, 3.63) is 142 Å². The predicted molar refractivity (Wildman–Crippen MR) is 168 cm³/mol. The molecule has 0 aliphatic rings. The quantitative estimate of drug-likeness (QED) is 0.141. The molecule has 0 amide bonds. The maximum Gasteiger partial charge on any atom is 0.143 e. The highest BCUT2D eigenvalue weighted by Crippen LogP contribution is 2.34. The van der Waals surface area contributed by atoms with E-state index in [1.165, 1.54) is 22.3 Å². The predicted octanol–water partition coefficient (Wildman–Crippen LogP) is 11.0. The van der Waals surface area contributed by atoms with Crippen LogP contribution in [0.1, 0.15) is 136 Å². The van der Waals surface area contributed by atoms with Crippen molar-refractivity contribution in [1.29, 1.82) is 0 Å². The van der Waals surface area contributed by atoms with Gasteiger partial charge >= 0.3 is 0 Å². The molecule has 0 N–H and O–H groups in total. The third kappa shape index (κ3) is 7.30. The highest BCUT2D eigenvalue weighted by Gasteiger charge is 2.23. The van der Waals surface area contributed by atoms with E-state index < -0.39 is 0 Å². The van der Waals surface area contributed by atoms with Crippen LogP contribution in [0.15, 0.2) is 97.1 Å². The molecule has 0 spiro atoms. The van der Waals surface area contributed by atoms with Crippen molar-refractivity contribution in [2.75, 3.05) is 0 Å². The van der Waals surface area contributed by atoms with Gasteiger partial charge in [-0.15, -0.1) is 0 Å². The third-order valence-electron chi connectivity index (χ3n) is 7.87. The molecular formula is C38H46O2. The Kier molecular flexibility index (Phi) is 10.0. The zero-order valence-electron chi connectivity index (χ0n) is 25.5. The molecule has 4 aromatic carbocycles. The Balaban J connectivity index is 1.69. The van der Waals surface area contributed by atoms with Gasteiger partial charge in [0.15, 0.2) is 0 Å². The zero-order chi connectivity index (χ0) is 28.8. The van der Waals surface area contributed by atoms with Crippen molar-refractivity contribution < 1.29 is 9.78 Å². The summed E-state index contributed by atoms with van der Waals surface area (Å²) in [5.41, 5.74) is 9.55. The van der Waals surface area contributed by atoms with Crippen LogP contribution < -0.4 is 0 Å². The van der Waals surface area contributed by atoms with Gasteiger partial charge in [0.25, 0.3) is 0 Å². The fourth-order valence-electron chi connectivity index (χ4n) is 4.94. The molecule has 2 heteroatoms. The summed E-state index contributed by atoms with van der Waals surface area (Å²) in [6, 6.07) is 35.0. The van der Waals surface area contributed by atoms with E-state index in [0.29, 0.717) is 23.7 Å². The molecule has 0 heterocycles. The highest BCUT2D eigenvalue weighted by atomic mass is 17.2. The topological polar surface area (TPSA) is 18.5 Å². The van der Waals surface area contributed by atoms with Crippen LogP contribution in [0.4, 0.5) is 0 Å². The smallest absolute Gasteiger partial charge is 0.143 e. The Morgan fingerprint density at radius 3 is 0.575 bits per heavy atom. The van der Waals surface area contributed by atoms with Gasteiger partial charge in [-0.25, -0.2) is 9.78 Å². The van der Waals surface area contributed by atoms with Gasteiger partial charge in [-0.2, -0.15) is 0 Å². The van der Waals surface area contributed by atoms with E-state index in [-0.39, 0.29) is 12.2 Å². The molecule has 4 aromatic rings. The molecule has 0 saturated carbocycles. The van der Waals surface area contributed by atoms with Gasteiger partial charge in [0, 0.05) is 0 Å². The van der Waals surface area contributed by atoms with E-state index in [1.807, 2.05) is 0 Å². The summed E-state index contributed by atoms with van der Waals surface area (Å²) in [6.45, 7) is 17.7. The lowest BCUT2D eigenvalue weighted by Crippen LogP contribution is -2.13. The molecule has 0 radical (unpaired) electrons. The first-order chi connectivity index (χ1) is 19.1. The van der Waals surface area contributed by atoms with E-state index in [1.54, 1.807) is 0 Å². The summed E-state index contributed by atoms with van der Waals surface area (Å²) in [7, 11) is 0. The van der Waals surface area contributed by atoms with Crippen LogP contribution in [0.25, 0.3) is 0 Å². The molecule has 40 heavy (non-hydrogen) atoms. The van der Waals surface area contributed by atoms with Crippen LogP contribution >= 0.6 is 0 Å². The monoisotopic (exact) mass is 534 g/mol. The van der Waals surface area contributed by atoms with Gasteiger partial charge in [-0.05, 0) is 68.2 Å². The van der Waals surface area contributed by atoms with E-state index in [2.05, 4.69) is 152 Å². The number of benzene rings is 4. The average molecular weight is 535 g/mol. The standard InChI is InChI=1S/C38H46O2/c1-25(2)29-9-17-33(18-10-29)37(34-19-11-30(12-20-34)26(3)4)39-40-38(35-21-13-31(14-22-35)27(5)6)36-23-15-32(16-24-36)28(7)8/h9-28,37-38H,1-8H3. The van der Waals surface area contributed by atoms with E-state index in [9.17, 15) is 0 Å². The summed E-state index contributed by atoms with van der Waals surface area (Å²) in [5, 5.41) is 0. The van der Waals surface area contributed by atoms with Gasteiger partial charge < -0.3 is 0 Å². The van der Waals surface area contributed by atoms with Gasteiger partial charge in [-0.3, -0.25) is 0 Å². The Hall–Kier alpha value is -3.20. The molecule has 0 atom stereocenters. The summed E-state index contributed by atoms with van der Waals surface area (Å²) >= 11 is 0. The summed E-state index contributed by atoms with van der Waals surface area (Å²) in [4.78, 5) is 12.9. The lowest BCUT2D eigenvalue weighted by Gasteiger charge is -2.24. The van der Waals surface area contributed by atoms with Crippen molar-refractivity contribution in [2.45, 2.75) is 91.3 Å². The maximum absolute atomic E-state index is 6.44. The van der Waals surface area contributed by atoms with Crippen LogP contribution in [0.5, 0.6) is 0 Å². The number of hydrogen-bond acceptors (Lipinski definition) is 2. The van der Waals surface area contributed by atoms with Crippen molar-refractivity contribution >= 4 is 0 Å². The molecule has 0 saturated heterocycles.